The van der Waals surface area contributed by atoms with E-state index in [1.54, 1.807) is 32.0 Å². The number of Topliss-reactive ketones (excluding diaryl/α,β-unsaturated/α-hetero) is 1. The summed E-state index contributed by atoms with van der Waals surface area (Å²) in [7, 11) is 3.63. The number of pyridine rings is 1. The van der Waals surface area contributed by atoms with Gasteiger partial charge >= 0.3 is 0 Å². The Bertz CT molecular complexity index is 1170. The Kier molecular flexibility index (Phi) is 7.31. The predicted molar refractivity (Wildman–Crippen MR) is 136 cm³/mol. The van der Waals surface area contributed by atoms with Gasteiger partial charge in [-0.2, -0.15) is 0 Å². The number of ether oxygens (including phenoxy) is 1. The van der Waals surface area contributed by atoms with Crippen molar-refractivity contribution >= 4 is 30.0 Å². The van der Waals surface area contributed by atoms with Crippen molar-refractivity contribution in [3.05, 3.63) is 53.9 Å². The molecule has 2 aromatic heterocycles. The average molecular weight is 500 g/mol. The number of rotatable bonds is 9. The van der Waals surface area contributed by atoms with Crippen LogP contribution in [0.3, 0.4) is 0 Å². The second kappa shape index (κ2) is 10.1. The van der Waals surface area contributed by atoms with Gasteiger partial charge in [0.15, 0.2) is 16.8 Å². The minimum Gasteiger partial charge on any atom is -0.496 e. The molecule has 34 heavy (non-hydrogen) atoms. The fourth-order valence-electron chi connectivity index (χ4n) is 5.14. The van der Waals surface area contributed by atoms with E-state index >= 15 is 0 Å². The molecule has 180 valence electrons. The van der Waals surface area contributed by atoms with Crippen LogP contribution in [0.4, 0.5) is 0 Å². The lowest BCUT2D eigenvalue weighted by Gasteiger charge is -2.21. The zero-order valence-corrected chi connectivity index (χ0v) is 21.4. The number of piperidine rings is 1. The maximum Gasteiger partial charge on any atom is 0.191 e. The van der Waals surface area contributed by atoms with Crippen molar-refractivity contribution in [1.29, 1.82) is 0 Å². The van der Waals surface area contributed by atoms with Crippen molar-refractivity contribution in [2.45, 2.75) is 30.3 Å². The first kappa shape index (κ1) is 24.7. The minimum absolute atomic E-state index is 0. The van der Waals surface area contributed by atoms with Gasteiger partial charge in [0.1, 0.15) is 5.75 Å². The summed E-state index contributed by atoms with van der Waals surface area (Å²) in [4.78, 5) is 18.8. The highest BCUT2D eigenvalue weighted by Gasteiger charge is 2.60. The summed E-state index contributed by atoms with van der Waals surface area (Å²) < 4.78 is 7.42. The Balaban J connectivity index is 0.00000274. The molecule has 9 heteroatoms. The molecule has 1 aliphatic carbocycles. The summed E-state index contributed by atoms with van der Waals surface area (Å²) in [6, 6.07) is 10.1. The SMILES string of the molecule is COc1ccc(C23C[C@@H]2CN(CCCSc2nnc(-c4cccnc4)n2C)C3)cc1C(C)=O.Cl. The summed E-state index contributed by atoms with van der Waals surface area (Å²) in [5, 5.41) is 9.64. The van der Waals surface area contributed by atoms with E-state index in [1.165, 1.54) is 12.0 Å². The molecule has 1 aromatic carbocycles. The van der Waals surface area contributed by atoms with E-state index in [0.29, 0.717) is 17.2 Å². The van der Waals surface area contributed by atoms with E-state index in [0.717, 1.165) is 48.4 Å². The van der Waals surface area contributed by atoms with Crippen molar-refractivity contribution in [1.82, 2.24) is 24.6 Å². The van der Waals surface area contributed by atoms with E-state index in [9.17, 15) is 4.79 Å². The number of aromatic nitrogens is 4. The lowest BCUT2D eigenvalue weighted by atomic mass is 9.92. The molecule has 0 amide bonds. The molecule has 2 fully saturated rings. The van der Waals surface area contributed by atoms with Gasteiger partial charge in [0.25, 0.3) is 0 Å². The molecule has 7 nitrogen and oxygen atoms in total. The van der Waals surface area contributed by atoms with Gasteiger partial charge in [-0.05, 0) is 62.1 Å². The summed E-state index contributed by atoms with van der Waals surface area (Å²) in [5.74, 6) is 3.27. The second-order valence-corrected chi connectivity index (χ2v) is 10.1. The van der Waals surface area contributed by atoms with Gasteiger partial charge in [-0.3, -0.25) is 9.78 Å². The molecule has 1 unspecified atom stereocenters. The van der Waals surface area contributed by atoms with Gasteiger partial charge in [0, 0.05) is 49.3 Å². The first-order valence-corrected chi connectivity index (χ1v) is 12.3. The Morgan fingerprint density at radius 3 is 2.88 bits per heavy atom. The number of likely N-dealkylation sites (tertiary alicyclic amines) is 1. The Hall–Kier alpha value is -2.42. The van der Waals surface area contributed by atoms with Crippen LogP contribution in [0, 0.1) is 5.92 Å². The second-order valence-electron chi connectivity index (χ2n) is 9.07. The van der Waals surface area contributed by atoms with E-state index in [1.807, 2.05) is 36.0 Å². The highest BCUT2D eigenvalue weighted by molar-refractivity contribution is 7.99. The maximum atomic E-state index is 12.1. The number of hydrogen-bond donors (Lipinski definition) is 0. The molecule has 3 heterocycles. The number of halogens is 1. The lowest BCUT2D eigenvalue weighted by molar-refractivity contribution is 0.101. The van der Waals surface area contributed by atoms with E-state index < -0.39 is 0 Å². The predicted octanol–water partition coefficient (Wildman–Crippen LogP) is 4.27. The number of thioether (sulfide) groups is 1. The van der Waals surface area contributed by atoms with Gasteiger partial charge in [-0.1, -0.05) is 17.8 Å². The van der Waals surface area contributed by atoms with Gasteiger partial charge in [-0.15, -0.1) is 22.6 Å². The topological polar surface area (TPSA) is 73.1 Å². The first-order chi connectivity index (χ1) is 16.0. The summed E-state index contributed by atoms with van der Waals surface area (Å²) in [6.45, 7) is 4.90. The van der Waals surface area contributed by atoms with E-state index in [-0.39, 0.29) is 23.6 Å². The third-order valence-corrected chi connectivity index (χ3v) is 8.08. The number of fused-ring (bicyclic) bond motifs is 1. The van der Waals surface area contributed by atoms with Crippen molar-refractivity contribution in [2.75, 3.05) is 32.5 Å². The van der Waals surface area contributed by atoms with E-state index in [2.05, 4.69) is 32.2 Å². The van der Waals surface area contributed by atoms with Crippen LogP contribution < -0.4 is 4.74 Å². The molecular weight excluding hydrogens is 470 g/mol. The highest BCUT2D eigenvalue weighted by Crippen LogP contribution is 2.59. The van der Waals surface area contributed by atoms with E-state index in [4.69, 9.17) is 4.74 Å². The van der Waals surface area contributed by atoms with Crippen molar-refractivity contribution in [3.63, 3.8) is 0 Å². The Morgan fingerprint density at radius 1 is 1.29 bits per heavy atom. The Morgan fingerprint density at radius 2 is 2.15 bits per heavy atom. The molecule has 2 aliphatic rings. The number of ketones is 1. The summed E-state index contributed by atoms with van der Waals surface area (Å²) >= 11 is 1.75. The molecule has 0 bridgehead atoms. The number of hydrogen-bond acceptors (Lipinski definition) is 7. The summed E-state index contributed by atoms with van der Waals surface area (Å²) in [5.41, 5.74) is 3.18. The summed E-state index contributed by atoms with van der Waals surface area (Å²) in [6.07, 6.45) is 5.90. The zero-order valence-electron chi connectivity index (χ0n) is 19.7. The van der Waals surface area contributed by atoms with Gasteiger partial charge in [0.2, 0.25) is 0 Å². The largest absolute Gasteiger partial charge is 0.496 e. The van der Waals surface area contributed by atoms with Gasteiger partial charge in [-0.25, -0.2) is 0 Å². The molecule has 1 aliphatic heterocycles. The highest BCUT2D eigenvalue weighted by atomic mass is 35.5. The zero-order chi connectivity index (χ0) is 23.0. The molecule has 1 saturated heterocycles. The van der Waals surface area contributed by atoms with Crippen molar-refractivity contribution in [3.8, 4) is 17.1 Å². The molecular formula is C25H30ClN5O2S. The minimum atomic E-state index is 0. The first-order valence-electron chi connectivity index (χ1n) is 11.4. The molecule has 0 radical (unpaired) electrons. The molecule has 3 aromatic rings. The fourth-order valence-corrected chi connectivity index (χ4v) is 5.97. The maximum absolute atomic E-state index is 12.1. The number of benzene rings is 1. The van der Waals surface area contributed by atoms with Crippen LogP contribution in [0.2, 0.25) is 0 Å². The number of nitrogens with zero attached hydrogens (tertiary/aromatic N) is 5. The standard InChI is InChI=1S/C25H29N5O2S.ClH/c1-17(31)21-12-19(7-8-22(21)32-3)25-13-20(25)15-30(16-25)10-5-11-33-24-28-27-23(29(24)2)18-6-4-9-26-14-18;/h4,6-9,12,14,20H,5,10-11,13,15-16H2,1-3H3;1H/t20-,25?;/m1./s1. The van der Waals surface area contributed by atoms with Crippen molar-refractivity contribution in [2.24, 2.45) is 13.0 Å². The number of carbonyl (C=O) groups is 1. The quantitative estimate of drug-likeness (QED) is 0.247. The van der Waals surface area contributed by atoms with Gasteiger partial charge < -0.3 is 14.2 Å². The molecule has 2 atom stereocenters. The fraction of sp³-hybridized carbons (Fsp3) is 0.440. The lowest BCUT2D eigenvalue weighted by Crippen LogP contribution is -2.28. The molecule has 1 saturated carbocycles. The van der Waals surface area contributed by atoms with Crippen molar-refractivity contribution < 1.29 is 9.53 Å². The van der Waals surface area contributed by atoms with Crippen LogP contribution in [0.1, 0.15) is 35.7 Å². The monoisotopic (exact) mass is 499 g/mol. The van der Waals surface area contributed by atoms with Crippen LogP contribution in [-0.4, -0.2) is 62.9 Å². The van der Waals surface area contributed by atoms with Crippen LogP contribution in [-0.2, 0) is 12.5 Å². The van der Waals surface area contributed by atoms with Gasteiger partial charge in [0.05, 0.1) is 12.7 Å². The smallest absolute Gasteiger partial charge is 0.191 e. The van der Waals surface area contributed by atoms with Crippen LogP contribution in [0.15, 0.2) is 47.9 Å². The van der Waals surface area contributed by atoms with Crippen LogP contribution in [0.5, 0.6) is 5.75 Å². The Labute approximate surface area is 210 Å². The third kappa shape index (κ3) is 4.59. The average Bonchev–Trinajstić information content (AvgIpc) is 3.21. The number of methoxy groups -OCH3 is 1. The van der Waals surface area contributed by atoms with Crippen LogP contribution in [0.25, 0.3) is 11.4 Å². The molecule has 0 N–H and O–H groups in total. The number of carbonyl (C=O) groups excluding carboxylic acids is 1. The molecule has 5 rings (SSSR count). The van der Waals surface area contributed by atoms with Crippen LogP contribution >= 0.6 is 24.2 Å². The third-order valence-electron chi connectivity index (χ3n) is 6.97. The molecule has 0 spiro atoms. The normalized spacial score (nSPS) is 21.1.